The second kappa shape index (κ2) is 15.2. The molecule has 15 heteroatoms. The Kier molecular flexibility index (Phi) is 12.7. The van der Waals surface area contributed by atoms with Crippen LogP contribution in [0.2, 0.25) is 0 Å². The van der Waals surface area contributed by atoms with E-state index in [9.17, 15) is 33.9 Å². The van der Waals surface area contributed by atoms with E-state index in [0.29, 0.717) is 12.1 Å². The Morgan fingerprint density at radius 3 is 1.97 bits per heavy atom. The first-order valence-corrected chi connectivity index (χ1v) is 11.7. The van der Waals surface area contributed by atoms with Gasteiger partial charge in [0.25, 0.3) is 0 Å². The molecule has 0 bridgehead atoms. The SMILES string of the molecule is CCC(C)C(NC(=O)C(CCC(=O)O)NC(=O)C(N)Cc1cnc[nH]1)C(=O)NC(CCC(=O)O)C(=O)O. The van der Waals surface area contributed by atoms with Gasteiger partial charge in [0.15, 0.2) is 0 Å². The molecule has 0 spiro atoms. The molecule has 5 atom stereocenters. The van der Waals surface area contributed by atoms with Crippen molar-refractivity contribution in [2.24, 2.45) is 11.7 Å². The summed E-state index contributed by atoms with van der Waals surface area (Å²) in [4.78, 5) is 78.5. The molecular formula is C22H34N6O9. The minimum atomic E-state index is -1.50. The van der Waals surface area contributed by atoms with Crippen LogP contribution in [0.3, 0.4) is 0 Å². The number of hydrogen-bond donors (Lipinski definition) is 8. The summed E-state index contributed by atoms with van der Waals surface area (Å²) in [5.74, 6) is -6.84. The monoisotopic (exact) mass is 526 g/mol. The van der Waals surface area contributed by atoms with Gasteiger partial charge in [0.1, 0.15) is 18.1 Å². The van der Waals surface area contributed by atoms with E-state index in [4.69, 9.17) is 15.9 Å². The highest BCUT2D eigenvalue weighted by atomic mass is 16.4. The Balaban J connectivity index is 3.00. The zero-order valence-electron chi connectivity index (χ0n) is 20.6. The Morgan fingerprint density at radius 2 is 1.49 bits per heavy atom. The van der Waals surface area contributed by atoms with Crippen LogP contribution in [-0.2, 0) is 35.2 Å². The predicted octanol–water partition coefficient (Wildman–Crippen LogP) is -1.41. The van der Waals surface area contributed by atoms with Gasteiger partial charge in [-0.2, -0.15) is 0 Å². The smallest absolute Gasteiger partial charge is 0.326 e. The number of carbonyl (C=O) groups is 6. The second-order valence-electron chi connectivity index (χ2n) is 8.58. The first-order valence-electron chi connectivity index (χ1n) is 11.7. The molecule has 5 unspecified atom stereocenters. The summed E-state index contributed by atoms with van der Waals surface area (Å²) in [6, 6.07) is -5.18. The molecule has 0 radical (unpaired) electrons. The lowest BCUT2D eigenvalue weighted by Crippen LogP contribution is -2.58. The number of imidazole rings is 1. The summed E-state index contributed by atoms with van der Waals surface area (Å²) in [6.07, 6.45) is 1.70. The molecule has 1 heterocycles. The van der Waals surface area contributed by atoms with E-state index < -0.39 is 78.6 Å². The van der Waals surface area contributed by atoms with E-state index in [2.05, 4.69) is 25.9 Å². The zero-order valence-corrected chi connectivity index (χ0v) is 20.6. The number of rotatable bonds is 17. The van der Waals surface area contributed by atoms with E-state index in [-0.39, 0.29) is 19.3 Å². The van der Waals surface area contributed by atoms with Crippen molar-refractivity contribution in [2.75, 3.05) is 0 Å². The van der Waals surface area contributed by atoms with Crippen LogP contribution in [0.1, 0.15) is 51.6 Å². The fourth-order valence-electron chi connectivity index (χ4n) is 3.28. The normalized spacial score (nSPS) is 14.9. The third-order valence-corrected chi connectivity index (χ3v) is 5.67. The summed E-state index contributed by atoms with van der Waals surface area (Å²) >= 11 is 0. The van der Waals surface area contributed by atoms with E-state index in [1.54, 1.807) is 13.8 Å². The van der Waals surface area contributed by atoms with Crippen LogP contribution in [0.4, 0.5) is 0 Å². The lowest BCUT2D eigenvalue weighted by atomic mass is 9.96. The Labute approximate surface area is 212 Å². The minimum Gasteiger partial charge on any atom is -0.481 e. The molecule has 0 saturated heterocycles. The van der Waals surface area contributed by atoms with Crippen molar-refractivity contribution < 1.29 is 44.1 Å². The van der Waals surface area contributed by atoms with Gasteiger partial charge >= 0.3 is 17.9 Å². The highest BCUT2D eigenvalue weighted by molar-refractivity contribution is 5.94. The average Bonchev–Trinajstić information content (AvgIpc) is 3.34. The van der Waals surface area contributed by atoms with Crippen molar-refractivity contribution in [3.63, 3.8) is 0 Å². The van der Waals surface area contributed by atoms with Crippen molar-refractivity contribution in [1.82, 2.24) is 25.9 Å². The largest absolute Gasteiger partial charge is 0.481 e. The van der Waals surface area contributed by atoms with E-state index >= 15 is 0 Å². The number of aromatic nitrogens is 2. The van der Waals surface area contributed by atoms with Crippen molar-refractivity contribution in [2.45, 2.75) is 76.5 Å². The Bertz CT molecular complexity index is 952. The molecule has 0 aliphatic carbocycles. The maximum absolute atomic E-state index is 13.1. The number of amides is 3. The highest BCUT2D eigenvalue weighted by Gasteiger charge is 2.33. The summed E-state index contributed by atoms with van der Waals surface area (Å²) in [5, 5.41) is 34.3. The topological polar surface area (TPSA) is 254 Å². The van der Waals surface area contributed by atoms with Crippen LogP contribution >= 0.6 is 0 Å². The fraction of sp³-hybridized carbons (Fsp3) is 0.591. The number of H-pyrrole nitrogens is 1. The maximum Gasteiger partial charge on any atom is 0.326 e. The molecule has 9 N–H and O–H groups in total. The van der Waals surface area contributed by atoms with Crippen molar-refractivity contribution in [3.05, 3.63) is 18.2 Å². The lowest BCUT2D eigenvalue weighted by molar-refractivity contribution is -0.143. The van der Waals surface area contributed by atoms with Gasteiger partial charge < -0.3 is 42.0 Å². The van der Waals surface area contributed by atoms with Crippen LogP contribution in [0, 0.1) is 5.92 Å². The fourth-order valence-corrected chi connectivity index (χ4v) is 3.28. The quantitative estimate of drug-likeness (QED) is 0.117. The molecule has 0 aromatic carbocycles. The summed E-state index contributed by atoms with van der Waals surface area (Å²) in [7, 11) is 0. The van der Waals surface area contributed by atoms with Crippen LogP contribution in [0.25, 0.3) is 0 Å². The highest BCUT2D eigenvalue weighted by Crippen LogP contribution is 2.11. The van der Waals surface area contributed by atoms with Crippen molar-refractivity contribution in [1.29, 1.82) is 0 Å². The second-order valence-corrected chi connectivity index (χ2v) is 8.58. The number of aliphatic carboxylic acids is 3. The Hall–Kier alpha value is -4.01. The number of hydrogen-bond acceptors (Lipinski definition) is 8. The number of carboxylic acids is 3. The van der Waals surface area contributed by atoms with Crippen molar-refractivity contribution in [3.8, 4) is 0 Å². The molecule has 1 aromatic rings. The third kappa shape index (κ3) is 11.1. The number of nitrogens with two attached hydrogens (primary N) is 1. The minimum absolute atomic E-state index is 0.0733. The van der Waals surface area contributed by atoms with Crippen molar-refractivity contribution >= 4 is 35.6 Å². The van der Waals surface area contributed by atoms with Gasteiger partial charge in [-0.1, -0.05) is 20.3 Å². The number of carboxylic acid groups (broad SMARTS) is 3. The zero-order chi connectivity index (χ0) is 28.1. The molecule has 0 aliphatic heterocycles. The molecule has 1 rings (SSSR count). The molecule has 0 fully saturated rings. The molecule has 0 saturated carbocycles. The maximum atomic E-state index is 13.1. The molecule has 37 heavy (non-hydrogen) atoms. The summed E-state index contributed by atoms with van der Waals surface area (Å²) in [5.41, 5.74) is 6.46. The average molecular weight is 527 g/mol. The van der Waals surface area contributed by atoms with Gasteiger partial charge in [-0.15, -0.1) is 0 Å². The molecule has 206 valence electrons. The molecular weight excluding hydrogens is 492 g/mol. The van der Waals surface area contributed by atoms with Crippen LogP contribution in [-0.4, -0.2) is 85.1 Å². The summed E-state index contributed by atoms with van der Waals surface area (Å²) < 4.78 is 0. The van der Waals surface area contributed by atoms with Gasteiger partial charge in [0.05, 0.1) is 12.4 Å². The number of nitrogens with zero attached hydrogens (tertiary/aromatic N) is 1. The number of carbonyl (C=O) groups excluding carboxylic acids is 3. The third-order valence-electron chi connectivity index (χ3n) is 5.67. The molecule has 15 nitrogen and oxygen atoms in total. The standard InChI is InChI=1S/C22H34N6O9/c1-3-11(2)18(21(35)27-15(22(36)37)5-7-17(31)32)28-20(34)14(4-6-16(29)30)26-19(33)13(23)8-12-9-24-10-25-12/h9-11,13-15,18H,3-8,23H2,1-2H3,(H,24,25)(H,26,33)(H,27,35)(H,28,34)(H,29,30)(H,31,32)(H,36,37). The molecule has 0 aliphatic rings. The van der Waals surface area contributed by atoms with Gasteiger partial charge in [-0.05, 0) is 18.8 Å². The van der Waals surface area contributed by atoms with E-state index in [1.165, 1.54) is 12.5 Å². The van der Waals surface area contributed by atoms with Crippen LogP contribution in [0.5, 0.6) is 0 Å². The van der Waals surface area contributed by atoms with Crippen LogP contribution in [0.15, 0.2) is 12.5 Å². The van der Waals surface area contributed by atoms with Crippen LogP contribution < -0.4 is 21.7 Å². The van der Waals surface area contributed by atoms with E-state index in [1.807, 2.05) is 0 Å². The Morgan fingerprint density at radius 1 is 0.919 bits per heavy atom. The van der Waals surface area contributed by atoms with Gasteiger partial charge in [0, 0.05) is 31.2 Å². The first kappa shape index (κ1) is 31.0. The number of aromatic amines is 1. The first-order chi connectivity index (χ1) is 17.3. The van der Waals surface area contributed by atoms with Gasteiger partial charge in [-0.25, -0.2) is 9.78 Å². The summed E-state index contributed by atoms with van der Waals surface area (Å²) in [6.45, 7) is 3.36. The van der Waals surface area contributed by atoms with Gasteiger partial charge in [0.2, 0.25) is 17.7 Å². The lowest BCUT2D eigenvalue weighted by Gasteiger charge is -2.28. The molecule has 1 aromatic heterocycles. The number of nitrogens with one attached hydrogen (secondary N) is 4. The predicted molar refractivity (Wildman–Crippen MR) is 127 cm³/mol. The van der Waals surface area contributed by atoms with Gasteiger partial charge in [-0.3, -0.25) is 24.0 Å². The molecule has 3 amide bonds. The van der Waals surface area contributed by atoms with E-state index in [0.717, 1.165) is 0 Å².